The van der Waals surface area contributed by atoms with Crippen LogP contribution in [0.4, 0.5) is 10.8 Å². The fourth-order valence-corrected chi connectivity index (χ4v) is 7.99. The lowest BCUT2D eigenvalue weighted by Gasteiger charge is -2.29. The second kappa shape index (κ2) is 11.9. The molecule has 1 fully saturated rings. The van der Waals surface area contributed by atoms with Crippen molar-refractivity contribution in [2.45, 2.75) is 36.6 Å². The number of thiazole rings is 1. The molecule has 0 saturated carbocycles. The maximum Gasteiger partial charge on any atom is 0.277 e. The third kappa shape index (κ3) is 6.44. The Morgan fingerprint density at radius 3 is 2.79 bits per heavy atom. The Bertz CT molecular complexity index is 1550. The standard InChI is InChI=1S/C25H29N7O3S3.ClH/c33-24(21-14-19-16-31(10-2-11-32(19)29-21)15-17-6-8-26-9-7-17)28-25-27-20-5-4-18(13-22(20)37-25)30-38(34,35)23-3-1-12-36-23;/h1,3-5,12-14,17,26,30H,2,6-11,15-16H2,(H,27,28,33);1H. The third-order valence-corrected chi connectivity index (χ3v) is 10.6. The van der Waals surface area contributed by atoms with Crippen molar-refractivity contribution in [1.82, 2.24) is 25.0 Å². The van der Waals surface area contributed by atoms with Gasteiger partial charge in [0.05, 0.1) is 21.6 Å². The second-order valence-electron chi connectivity index (χ2n) is 9.72. The van der Waals surface area contributed by atoms with Crippen molar-refractivity contribution < 1.29 is 13.2 Å². The number of anilines is 2. The summed E-state index contributed by atoms with van der Waals surface area (Å²) in [4.78, 5) is 20.0. The van der Waals surface area contributed by atoms with E-state index < -0.39 is 10.0 Å². The van der Waals surface area contributed by atoms with Gasteiger partial charge in [-0.15, -0.1) is 23.7 Å². The summed E-state index contributed by atoms with van der Waals surface area (Å²) in [5.74, 6) is 0.423. The Morgan fingerprint density at radius 1 is 1.15 bits per heavy atom. The van der Waals surface area contributed by atoms with E-state index in [2.05, 4.69) is 30.3 Å². The molecule has 1 saturated heterocycles. The molecule has 0 aliphatic carbocycles. The van der Waals surface area contributed by atoms with Crippen molar-refractivity contribution in [3.63, 3.8) is 0 Å². The van der Waals surface area contributed by atoms with Crippen molar-refractivity contribution in [2.24, 2.45) is 5.92 Å². The van der Waals surface area contributed by atoms with Crippen LogP contribution in [0.5, 0.6) is 0 Å². The maximum absolute atomic E-state index is 13.0. The van der Waals surface area contributed by atoms with Crippen molar-refractivity contribution in [1.29, 1.82) is 0 Å². The molecule has 1 aromatic carbocycles. The summed E-state index contributed by atoms with van der Waals surface area (Å²) >= 11 is 2.45. The van der Waals surface area contributed by atoms with Crippen LogP contribution in [-0.4, -0.2) is 60.2 Å². The van der Waals surface area contributed by atoms with Crippen molar-refractivity contribution in [2.75, 3.05) is 36.2 Å². The molecule has 0 atom stereocenters. The van der Waals surface area contributed by atoms with E-state index in [1.54, 1.807) is 35.7 Å². The Balaban J connectivity index is 0.00000308. The average molecular weight is 608 g/mol. The molecule has 3 N–H and O–H groups in total. The molecule has 2 aliphatic rings. The van der Waals surface area contributed by atoms with Gasteiger partial charge in [0.1, 0.15) is 4.21 Å². The van der Waals surface area contributed by atoms with Crippen LogP contribution in [0, 0.1) is 5.92 Å². The molecule has 0 spiro atoms. The summed E-state index contributed by atoms with van der Waals surface area (Å²) in [5, 5.41) is 13.1. The average Bonchev–Trinajstić information content (AvgIpc) is 3.63. The van der Waals surface area contributed by atoms with Gasteiger partial charge in [-0.05, 0) is 74.0 Å². The molecule has 3 aromatic heterocycles. The molecule has 1 amide bonds. The molecule has 6 rings (SSSR count). The number of aryl methyl sites for hydroxylation is 1. The highest BCUT2D eigenvalue weighted by atomic mass is 35.5. The number of hydrogen-bond donors (Lipinski definition) is 3. The van der Waals surface area contributed by atoms with E-state index in [1.165, 1.54) is 24.2 Å². The van der Waals surface area contributed by atoms with Crippen LogP contribution >= 0.6 is 35.1 Å². The second-order valence-corrected chi connectivity index (χ2v) is 13.6. The predicted octanol–water partition coefficient (Wildman–Crippen LogP) is 4.23. The van der Waals surface area contributed by atoms with Gasteiger partial charge >= 0.3 is 0 Å². The van der Waals surface area contributed by atoms with Crippen LogP contribution < -0.4 is 15.4 Å². The number of aromatic nitrogens is 3. The number of halogens is 1. The summed E-state index contributed by atoms with van der Waals surface area (Å²) in [6.45, 7) is 5.93. The highest BCUT2D eigenvalue weighted by Crippen LogP contribution is 2.30. The summed E-state index contributed by atoms with van der Waals surface area (Å²) in [7, 11) is -3.64. The zero-order chi connectivity index (χ0) is 26.1. The molecule has 5 heterocycles. The summed E-state index contributed by atoms with van der Waals surface area (Å²) < 4.78 is 30.7. The number of nitrogens with one attached hydrogen (secondary N) is 3. The van der Waals surface area contributed by atoms with E-state index in [9.17, 15) is 13.2 Å². The van der Waals surface area contributed by atoms with E-state index in [0.717, 1.165) is 73.3 Å². The van der Waals surface area contributed by atoms with Crippen molar-refractivity contribution >= 4 is 72.0 Å². The Morgan fingerprint density at radius 2 is 2.00 bits per heavy atom. The SMILES string of the molecule is Cl.O=C(Nc1nc2ccc(NS(=O)(=O)c3cccs3)cc2s1)c1cc2n(n1)CCCN(CC1CCNCC1)C2. The molecule has 0 bridgehead atoms. The number of nitrogens with zero attached hydrogens (tertiary/aromatic N) is 4. The lowest BCUT2D eigenvalue weighted by atomic mass is 9.97. The number of benzene rings is 1. The molecule has 2 aliphatic heterocycles. The first-order chi connectivity index (χ1) is 18.4. The first kappa shape index (κ1) is 28.0. The van der Waals surface area contributed by atoms with Crippen LogP contribution in [-0.2, 0) is 23.1 Å². The number of carbonyl (C=O) groups excluding carboxylic acids is 1. The number of thiophene rings is 1. The van der Waals surface area contributed by atoms with Gasteiger partial charge in [0.15, 0.2) is 10.8 Å². The molecule has 0 radical (unpaired) electrons. The molecule has 0 unspecified atom stereocenters. The number of sulfonamides is 1. The molecule has 4 aromatic rings. The van der Waals surface area contributed by atoms with Gasteiger partial charge in [-0.3, -0.25) is 24.4 Å². The van der Waals surface area contributed by atoms with E-state index in [1.807, 2.05) is 10.7 Å². The van der Waals surface area contributed by atoms with Crippen LogP contribution in [0.2, 0.25) is 0 Å². The first-order valence-electron chi connectivity index (χ1n) is 12.7. The minimum absolute atomic E-state index is 0. The molecule has 10 nitrogen and oxygen atoms in total. The highest BCUT2D eigenvalue weighted by molar-refractivity contribution is 7.94. The monoisotopic (exact) mass is 607 g/mol. The van der Waals surface area contributed by atoms with E-state index >= 15 is 0 Å². The van der Waals surface area contributed by atoms with Gasteiger partial charge in [-0.1, -0.05) is 17.4 Å². The van der Waals surface area contributed by atoms with Crippen LogP contribution in [0.1, 0.15) is 35.4 Å². The summed E-state index contributed by atoms with van der Waals surface area (Å²) in [5.41, 5.74) is 2.57. The normalized spacial score (nSPS) is 16.8. The zero-order valence-electron chi connectivity index (χ0n) is 21.1. The number of hydrogen-bond acceptors (Lipinski definition) is 9. The summed E-state index contributed by atoms with van der Waals surface area (Å²) in [6.07, 6.45) is 3.44. The molecule has 208 valence electrons. The van der Waals surface area contributed by atoms with E-state index in [4.69, 9.17) is 0 Å². The fraction of sp³-hybridized carbons (Fsp3) is 0.400. The fourth-order valence-electron chi connectivity index (χ4n) is 5.05. The van der Waals surface area contributed by atoms with Gasteiger partial charge in [-0.2, -0.15) is 5.10 Å². The number of rotatable bonds is 7. The van der Waals surface area contributed by atoms with Gasteiger partial charge in [0.2, 0.25) is 0 Å². The Kier molecular flexibility index (Phi) is 8.55. The number of carbonyl (C=O) groups is 1. The first-order valence-corrected chi connectivity index (χ1v) is 15.9. The highest BCUT2D eigenvalue weighted by Gasteiger charge is 2.23. The van der Waals surface area contributed by atoms with Gasteiger partial charge in [-0.25, -0.2) is 13.4 Å². The van der Waals surface area contributed by atoms with Gasteiger partial charge in [0.25, 0.3) is 15.9 Å². The minimum atomic E-state index is -3.64. The quantitative estimate of drug-likeness (QED) is 0.287. The lowest BCUT2D eigenvalue weighted by Crippen LogP contribution is -2.36. The molecule has 39 heavy (non-hydrogen) atoms. The van der Waals surface area contributed by atoms with Crippen LogP contribution in [0.15, 0.2) is 46.0 Å². The largest absolute Gasteiger partial charge is 0.317 e. The summed E-state index contributed by atoms with van der Waals surface area (Å²) in [6, 6.07) is 10.3. The smallest absolute Gasteiger partial charge is 0.277 e. The molecular weight excluding hydrogens is 578 g/mol. The van der Waals surface area contributed by atoms with Gasteiger partial charge in [0, 0.05) is 26.2 Å². The van der Waals surface area contributed by atoms with Gasteiger partial charge < -0.3 is 5.32 Å². The number of amides is 1. The maximum atomic E-state index is 13.0. The van der Waals surface area contributed by atoms with Crippen LogP contribution in [0.25, 0.3) is 10.2 Å². The number of fused-ring (bicyclic) bond motifs is 2. The van der Waals surface area contributed by atoms with E-state index in [0.29, 0.717) is 22.0 Å². The Hall–Kier alpha value is -2.55. The van der Waals surface area contributed by atoms with E-state index in [-0.39, 0.29) is 22.5 Å². The predicted molar refractivity (Wildman–Crippen MR) is 158 cm³/mol. The van der Waals surface area contributed by atoms with Crippen LogP contribution in [0.3, 0.4) is 0 Å². The lowest BCUT2D eigenvalue weighted by molar-refractivity contribution is 0.102. The van der Waals surface area contributed by atoms with Crippen molar-refractivity contribution in [3.05, 3.63) is 53.2 Å². The minimum Gasteiger partial charge on any atom is -0.317 e. The third-order valence-electron chi connectivity index (χ3n) is 6.92. The van der Waals surface area contributed by atoms with Crippen molar-refractivity contribution in [3.8, 4) is 0 Å². The molecule has 14 heteroatoms. The number of piperidine rings is 1. The topological polar surface area (TPSA) is 121 Å². The zero-order valence-corrected chi connectivity index (χ0v) is 24.4. The molecular formula is C25H30ClN7O3S3. The Labute approximate surface area is 241 Å².